The van der Waals surface area contributed by atoms with Gasteiger partial charge in [-0.05, 0) is 49.6 Å². The molecule has 2 heterocycles. The summed E-state index contributed by atoms with van der Waals surface area (Å²) in [6.45, 7) is 3.88. The first-order valence-electron chi connectivity index (χ1n) is 8.97. The van der Waals surface area contributed by atoms with E-state index in [4.69, 9.17) is 4.74 Å². The third-order valence-corrected chi connectivity index (χ3v) is 5.44. The van der Waals surface area contributed by atoms with Crippen molar-refractivity contribution in [1.29, 1.82) is 0 Å². The molecule has 1 aromatic rings. The summed E-state index contributed by atoms with van der Waals surface area (Å²) >= 11 is 0. The van der Waals surface area contributed by atoms with E-state index in [9.17, 15) is 4.79 Å². The number of rotatable bonds is 5. The maximum absolute atomic E-state index is 12.2. The maximum atomic E-state index is 12.2. The second kappa shape index (κ2) is 6.62. The van der Waals surface area contributed by atoms with Crippen LogP contribution >= 0.6 is 0 Å². The Morgan fingerprint density at radius 1 is 1.22 bits per heavy atom. The van der Waals surface area contributed by atoms with Gasteiger partial charge in [0.2, 0.25) is 5.91 Å². The van der Waals surface area contributed by atoms with E-state index in [1.807, 2.05) is 0 Å². The number of benzene rings is 1. The molecule has 0 spiro atoms. The van der Waals surface area contributed by atoms with Crippen molar-refractivity contribution in [2.24, 2.45) is 11.8 Å². The lowest BCUT2D eigenvalue weighted by Gasteiger charge is -2.34. The van der Waals surface area contributed by atoms with Crippen molar-refractivity contribution in [3.63, 3.8) is 0 Å². The Labute approximate surface area is 138 Å². The van der Waals surface area contributed by atoms with Crippen molar-refractivity contribution in [3.8, 4) is 0 Å². The second-order valence-corrected chi connectivity index (χ2v) is 7.36. The molecular weight excluding hydrogens is 288 g/mol. The molecule has 2 saturated heterocycles. The molecule has 1 amide bonds. The van der Waals surface area contributed by atoms with Gasteiger partial charge in [0.25, 0.3) is 0 Å². The number of nitrogens with one attached hydrogen (secondary N) is 1. The van der Waals surface area contributed by atoms with E-state index in [-0.39, 0.29) is 18.1 Å². The van der Waals surface area contributed by atoms with Crippen molar-refractivity contribution < 1.29 is 9.53 Å². The molecule has 124 valence electrons. The first-order valence-corrected chi connectivity index (χ1v) is 8.97. The van der Waals surface area contributed by atoms with Gasteiger partial charge in [0.05, 0.1) is 6.10 Å². The molecule has 1 N–H and O–H groups in total. The zero-order valence-electron chi connectivity index (χ0n) is 13.6. The zero-order chi connectivity index (χ0) is 15.6. The first kappa shape index (κ1) is 15.2. The number of nitrogens with zero attached hydrogens (tertiary/aromatic N) is 1. The molecular formula is C19H26N2O2. The van der Waals surface area contributed by atoms with Gasteiger partial charge >= 0.3 is 0 Å². The minimum absolute atomic E-state index is 0.112. The van der Waals surface area contributed by atoms with Crippen LogP contribution in [0.2, 0.25) is 0 Å². The maximum Gasteiger partial charge on any atom is 0.249 e. The Morgan fingerprint density at radius 3 is 2.83 bits per heavy atom. The Bertz CT molecular complexity index is 544. The topological polar surface area (TPSA) is 41.6 Å². The van der Waals surface area contributed by atoms with E-state index in [0.717, 1.165) is 44.9 Å². The van der Waals surface area contributed by atoms with Gasteiger partial charge in [-0.2, -0.15) is 0 Å². The van der Waals surface area contributed by atoms with E-state index in [1.165, 1.54) is 18.4 Å². The summed E-state index contributed by atoms with van der Waals surface area (Å²) in [4.78, 5) is 14.7. The fourth-order valence-electron chi connectivity index (χ4n) is 3.83. The largest absolute Gasteiger partial charge is 0.364 e. The highest BCUT2D eigenvalue weighted by atomic mass is 16.5. The van der Waals surface area contributed by atoms with Crippen molar-refractivity contribution in [1.82, 2.24) is 10.2 Å². The monoisotopic (exact) mass is 314 g/mol. The fourth-order valence-corrected chi connectivity index (χ4v) is 3.83. The molecule has 4 rings (SSSR count). The molecule has 0 radical (unpaired) electrons. The van der Waals surface area contributed by atoms with Gasteiger partial charge in [0.1, 0.15) is 6.10 Å². The Balaban J connectivity index is 1.28. The van der Waals surface area contributed by atoms with Crippen LogP contribution in [0.25, 0.3) is 0 Å². The lowest BCUT2D eigenvalue weighted by molar-refractivity contribution is -0.132. The second-order valence-electron chi connectivity index (χ2n) is 7.36. The molecule has 3 atom stereocenters. The Morgan fingerprint density at radius 2 is 2.04 bits per heavy atom. The number of piperidine rings is 1. The zero-order valence-corrected chi connectivity index (χ0v) is 13.6. The summed E-state index contributed by atoms with van der Waals surface area (Å²) in [7, 11) is 0. The Hall–Kier alpha value is -1.39. The lowest BCUT2D eigenvalue weighted by Crippen LogP contribution is -2.42. The van der Waals surface area contributed by atoms with Crippen LogP contribution in [0.3, 0.4) is 0 Å². The molecule has 1 saturated carbocycles. The molecule has 4 heteroatoms. The predicted octanol–water partition coefficient (Wildman–Crippen LogP) is 2.19. The number of carbonyl (C=O) groups excluding carboxylic acids is 1. The number of likely N-dealkylation sites (tertiary alicyclic amines) is 1. The van der Waals surface area contributed by atoms with Crippen LogP contribution < -0.4 is 5.32 Å². The molecule has 0 unspecified atom stereocenters. The van der Waals surface area contributed by atoms with Crippen molar-refractivity contribution in [3.05, 3.63) is 35.9 Å². The predicted molar refractivity (Wildman–Crippen MR) is 88.8 cm³/mol. The number of hydrogen-bond donors (Lipinski definition) is 1. The van der Waals surface area contributed by atoms with E-state index in [0.29, 0.717) is 5.92 Å². The van der Waals surface area contributed by atoms with Gasteiger partial charge < -0.3 is 10.1 Å². The Kier molecular flexibility index (Phi) is 4.36. The normalized spacial score (nSPS) is 30.9. The average molecular weight is 314 g/mol. The highest BCUT2D eigenvalue weighted by Gasteiger charge is 2.41. The standard InChI is InChI=1S/C19H26N2O2/c22-19(20-11-14-6-7-14)17-10-16-8-9-21(13-18(16)23-17)12-15-4-2-1-3-5-15/h1-5,14,16-18H,6-13H2,(H,20,22)/t16-,17-,18-/m0/s1. The highest BCUT2D eigenvalue weighted by molar-refractivity contribution is 5.81. The third kappa shape index (κ3) is 3.75. The first-order chi connectivity index (χ1) is 11.3. The SMILES string of the molecule is O=C(NCC1CC1)[C@@H]1C[C@@H]2CCN(Cc3ccccc3)C[C@@H]2O1. The van der Waals surface area contributed by atoms with Crippen LogP contribution in [0.15, 0.2) is 30.3 Å². The van der Waals surface area contributed by atoms with Gasteiger partial charge in [-0.15, -0.1) is 0 Å². The number of ether oxygens (including phenoxy) is 1. The molecule has 2 aliphatic heterocycles. The molecule has 0 aromatic heterocycles. The van der Waals surface area contributed by atoms with E-state index in [2.05, 4.69) is 40.5 Å². The summed E-state index contributed by atoms with van der Waals surface area (Å²) in [5.74, 6) is 1.39. The summed E-state index contributed by atoms with van der Waals surface area (Å²) in [6, 6.07) is 10.6. The lowest BCUT2D eigenvalue weighted by atomic mass is 9.91. The van der Waals surface area contributed by atoms with Crippen LogP contribution in [-0.4, -0.2) is 42.6 Å². The minimum Gasteiger partial charge on any atom is -0.364 e. The van der Waals surface area contributed by atoms with Gasteiger partial charge in [0.15, 0.2) is 0 Å². The summed E-state index contributed by atoms with van der Waals surface area (Å²) < 4.78 is 6.09. The highest BCUT2D eigenvalue weighted by Crippen LogP contribution is 2.34. The summed E-state index contributed by atoms with van der Waals surface area (Å²) in [5, 5.41) is 3.07. The van der Waals surface area contributed by atoms with Crippen LogP contribution in [0.5, 0.6) is 0 Å². The van der Waals surface area contributed by atoms with Gasteiger partial charge in [-0.25, -0.2) is 0 Å². The van der Waals surface area contributed by atoms with Gasteiger partial charge in [0, 0.05) is 19.6 Å². The average Bonchev–Trinajstić information content (AvgIpc) is 3.31. The molecule has 23 heavy (non-hydrogen) atoms. The van der Waals surface area contributed by atoms with E-state index < -0.39 is 0 Å². The number of hydrogen-bond acceptors (Lipinski definition) is 3. The van der Waals surface area contributed by atoms with Crippen LogP contribution in [0, 0.1) is 11.8 Å². The number of amides is 1. The molecule has 0 bridgehead atoms. The van der Waals surface area contributed by atoms with Crippen molar-refractivity contribution in [2.45, 2.75) is 44.4 Å². The van der Waals surface area contributed by atoms with Crippen LogP contribution in [-0.2, 0) is 16.1 Å². The smallest absolute Gasteiger partial charge is 0.249 e. The van der Waals surface area contributed by atoms with Crippen molar-refractivity contribution in [2.75, 3.05) is 19.6 Å². The van der Waals surface area contributed by atoms with Crippen molar-refractivity contribution >= 4 is 5.91 Å². The molecule has 4 nitrogen and oxygen atoms in total. The van der Waals surface area contributed by atoms with Crippen LogP contribution in [0.1, 0.15) is 31.2 Å². The summed E-state index contributed by atoms with van der Waals surface area (Å²) in [6.07, 6.45) is 4.59. The minimum atomic E-state index is -0.222. The summed E-state index contributed by atoms with van der Waals surface area (Å²) in [5.41, 5.74) is 1.35. The molecule has 3 fully saturated rings. The quantitative estimate of drug-likeness (QED) is 0.906. The van der Waals surface area contributed by atoms with E-state index >= 15 is 0 Å². The van der Waals surface area contributed by atoms with E-state index in [1.54, 1.807) is 0 Å². The molecule has 1 aromatic carbocycles. The van der Waals surface area contributed by atoms with Gasteiger partial charge in [-0.3, -0.25) is 9.69 Å². The number of carbonyl (C=O) groups is 1. The number of fused-ring (bicyclic) bond motifs is 1. The van der Waals surface area contributed by atoms with Crippen LogP contribution in [0.4, 0.5) is 0 Å². The molecule has 1 aliphatic carbocycles. The van der Waals surface area contributed by atoms with Gasteiger partial charge in [-0.1, -0.05) is 30.3 Å². The fraction of sp³-hybridized carbons (Fsp3) is 0.632. The third-order valence-electron chi connectivity index (χ3n) is 5.44. The molecule has 3 aliphatic rings.